The lowest BCUT2D eigenvalue weighted by Gasteiger charge is -2.33. The van der Waals surface area contributed by atoms with Gasteiger partial charge in [0, 0.05) is 0 Å². The highest BCUT2D eigenvalue weighted by Gasteiger charge is 2.30. The summed E-state index contributed by atoms with van der Waals surface area (Å²) in [6.45, 7) is 6.52. The third-order valence-corrected chi connectivity index (χ3v) is 2.25. The van der Waals surface area contributed by atoms with Gasteiger partial charge in [0.05, 0.1) is 5.60 Å². The molecule has 0 aliphatic heterocycles. The fraction of sp³-hybridized carbons (Fsp3) is 0.818. The zero-order valence-corrected chi connectivity index (χ0v) is 8.43. The Bertz CT molecular complexity index is 176. The van der Waals surface area contributed by atoms with Crippen molar-refractivity contribution in [2.24, 2.45) is 5.41 Å². The second kappa shape index (κ2) is 3.21. The van der Waals surface area contributed by atoms with Crippen LogP contribution in [0.5, 0.6) is 0 Å². The smallest absolute Gasteiger partial charge is 0.0832 e. The topological polar surface area (TPSA) is 20.2 Å². The minimum atomic E-state index is -0.517. The second-order valence-corrected chi connectivity index (χ2v) is 5.14. The van der Waals surface area contributed by atoms with E-state index in [-0.39, 0.29) is 5.41 Å². The van der Waals surface area contributed by atoms with Crippen LogP contribution in [0, 0.1) is 5.41 Å². The Morgan fingerprint density at radius 2 is 2.08 bits per heavy atom. The fourth-order valence-electron chi connectivity index (χ4n) is 1.98. The van der Waals surface area contributed by atoms with Crippen molar-refractivity contribution in [3.05, 3.63) is 12.2 Å². The van der Waals surface area contributed by atoms with Crippen molar-refractivity contribution in [3.8, 4) is 0 Å². The molecule has 1 aliphatic rings. The number of rotatable bonds is 1. The summed E-state index contributed by atoms with van der Waals surface area (Å²) in [7, 11) is 0. The van der Waals surface area contributed by atoms with E-state index in [1.165, 1.54) is 0 Å². The average Bonchev–Trinajstić information content (AvgIpc) is 1.83. The molecular weight excluding hydrogens is 148 g/mol. The monoisotopic (exact) mass is 168 g/mol. The highest BCUT2D eigenvalue weighted by molar-refractivity contribution is 5.06. The van der Waals surface area contributed by atoms with E-state index in [1.54, 1.807) is 0 Å². The maximum Gasteiger partial charge on any atom is 0.0832 e. The van der Waals surface area contributed by atoms with Crippen molar-refractivity contribution in [2.45, 2.75) is 52.1 Å². The minimum Gasteiger partial charge on any atom is -0.386 e. The van der Waals surface area contributed by atoms with E-state index >= 15 is 0 Å². The molecule has 1 aliphatic carbocycles. The maximum atomic E-state index is 10.1. The van der Waals surface area contributed by atoms with Crippen molar-refractivity contribution in [1.29, 1.82) is 0 Å². The van der Waals surface area contributed by atoms with Gasteiger partial charge in [-0.2, -0.15) is 0 Å². The molecule has 1 unspecified atom stereocenters. The van der Waals surface area contributed by atoms with Gasteiger partial charge in [0.1, 0.15) is 0 Å². The van der Waals surface area contributed by atoms with Crippen LogP contribution in [0.3, 0.4) is 0 Å². The van der Waals surface area contributed by atoms with Crippen LogP contribution in [0.2, 0.25) is 0 Å². The molecule has 0 bridgehead atoms. The molecule has 0 aromatic carbocycles. The summed E-state index contributed by atoms with van der Waals surface area (Å²) in [6.07, 6.45) is 8.16. The number of hydrogen-bond acceptors (Lipinski definition) is 1. The van der Waals surface area contributed by atoms with Gasteiger partial charge in [0.15, 0.2) is 0 Å². The first-order valence-electron chi connectivity index (χ1n) is 4.81. The largest absolute Gasteiger partial charge is 0.386 e. The van der Waals surface area contributed by atoms with E-state index in [0.29, 0.717) is 0 Å². The Hall–Kier alpha value is -0.300. The van der Waals surface area contributed by atoms with Crippen molar-refractivity contribution in [2.75, 3.05) is 0 Å². The zero-order chi connectivity index (χ0) is 9.24. The van der Waals surface area contributed by atoms with Gasteiger partial charge < -0.3 is 5.11 Å². The van der Waals surface area contributed by atoms with Crippen LogP contribution in [0.1, 0.15) is 46.5 Å². The summed E-state index contributed by atoms with van der Waals surface area (Å²) in [5, 5.41) is 10.1. The SMILES string of the molecule is CC(C)(C)CC1(O)C=CCCC1. The second-order valence-electron chi connectivity index (χ2n) is 5.14. The van der Waals surface area contributed by atoms with E-state index in [1.807, 2.05) is 6.08 Å². The number of allylic oxidation sites excluding steroid dienone is 1. The van der Waals surface area contributed by atoms with Gasteiger partial charge in [-0.25, -0.2) is 0 Å². The molecule has 1 heteroatoms. The van der Waals surface area contributed by atoms with Crippen LogP contribution in [-0.2, 0) is 0 Å². The van der Waals surface area contributed by atoms with Crippen LogP contribution in [0.15, 0.2) is 12.2 Å². The summed E-state index contributed by atoms with van der Waals surface area (Å²) in [6, 6.07) is 0. The molecule has 0 fully saturated rings. The van der Waals surface area contributed by atoms with Crippen LogP contribution in [0.25, 0.3) is 0 Å². The maximum absolute atomic E-state index is 10.1. The third kappa shape index (κ3) is 2.98. The van der Waals surface area contributed by atoms with Crippen molar-refractivity contribution in [1.82, 2.24) is 0 Å². The summed E-state index contributed by atoms with van der Waals surface area (Å²) in [4.78, 5) is 0. The Kier molecular flexibility index (Phi) is 2.62. The number of hydrogen-bond donors (Lipinski definition) is 1. The van der Waals surface area contributed by atoms with Gasteiger partial charge in [-0.3, -0.25) is 0 Å². The molecule has 0 spiro atoms. The van der Waals surface area contributed by atoms with Gasteiger partial charge in [-0.1, -0.05) is 32.9 Å². The lowest BCUT2D eigenvalue weighted by molar-refractivity contribution is 0.0333. The highest BCUT2D eigenvalue weighted by atomic mass is 16.3. The summed E-state index contributed by atoms with van der Waals surface area (Å²) in [5.41, 5.74) is -0.299. The van der Waals surface area contributed by atoms with Crippen molar-refractivity contribution in [3.63, 3.8) is 0 Å². The summed E-state index contributed by atoms with van der Waals surface area (Å²) in [5.74, 6) is 0. The van der Waals surface area contributed by atoms with E-state index in [0.717, 1.165) is 25.7 Å². The molecule has 0 saturated heterocycles. The first-order chi connectivity index (χ1) is 5.41. The first-order valence-corrected chi connectivity index (χ1v) is 4.81. The summed E-state index contributed by atoms with van der Waals surface area (Å²) >= 11 is 0. The van der Waals surface area contributed by atoms with E-state index < -0.39 is 5.60 Å². The Balaban J connectivity index is 2.59. The van der Waals surface area contributed by atoms with E-state index in [2.05, 4.69) is 26.8 Å². The summed E-state index contributed by atoms with van der Waals surface area (Å²) < 4.78 is 0. The number of aliphatic hydroxyl groups is 1. The van der Waals surface area contributed by atoms with Gasteiger partial charge in [-0.05, 0) is 31.1 Å². The van der Waals surface area contributed by atoms with Crippen LogP contribution >= 0.6 is 0 Å². The predicted molar refractivity (Wildman–Crippen MR) is 52.0 cm³/mol. The van der Waals surface area contributed by atoms with E-state index in [4.69, 9.17) is 0 Å². The molecule has 0 heterocycles. The van der Waals surface area contributed by atoms with Crippen LogP contribution in [-0.4, -0.2) is 10.7 Å². The standard InChI is InChI=1S/C11H20O/c1-10(2,3)9-11(12)7-5-4-6-8-11/h5,7,12H,4,6,8-9H2,1-3H3. The van der Waals surface area contributed by atoms with E-state index in [9.17, 15) is 5.11 Å². The molecule has 70 valence electrons. The molecule has 0 saturated carbocycles. The molecule has 12 heavy (non-hydrogen) atoms. The molecule has 0 aromatic heterocycles. The van der Waals surface area contributed by atoms with Crippen molar-refractivity contribution >= 4 is 0 Å². The van der Waals surface area contributed by atoms with Crippen molar-refractivity contribution < 1.29 is 5.11 Å². The van der Waals surface area contributed by atoms with Gasteiger partial charge >= 0.3 is 0 Å². The molecule has 0 aromatic rings. The molecule has 1 rings (SSSR count). The quantitative estimate of drug-likeness (QED) is 0.597. The lowest BCUT2D eigenvalue weighted by Crippen LogP contribution is -2.32. The Morgan fingerprint density at radius 3 is 2.50 bits per heavy atom. The van der Waals surface area contributed by atoms with Gasteiger partial charge in [0.2, 0.25) is 0 Å². The van der Waals surface area contributed by atoms with Crippen LogP contribution in [0.4, 0.5) is 0 Å². The van der Waals surface area contributed by atoms with Gasteiger partial charge in [0.25, 0.3) is 0 Å². The highest BCUT2D eigenvalue weighted by Crippen LogP contribution is 2.33. The normalized spacial score (nSPS) is 30.7. The Labute approximate surface area is 75.5 Å². The average molecular weight is 168 g/mol. The lowest BCUT2D eigenvalue weighted by atomic mass is 9.77. The molecule has 1 nitrogen and oxygen atoms in total. The molecule has 1 atom stereocenters. The van der Waals surface area contributed by atoms with Crippen LogP contribution < -0.4 is 0 Å². The Morgan fingerprint density at radius 1 is 1.42 bits per heavy atom. The molecule has 1 N–H and O–H groups in total. The molecule has 0 radical (unpaired) electrons. The fourth-order valence-corrected chi connectivity index (χ4v) is 1.98. The third-order valence-electron chi connectivity index (χ3n) is 2.25. The van der Waals surface area contributed by atoms with Gasteiger partial charge in [-0.15, -0.1) is 0 Å². The zero-order valence-electron chi connectivity index (χ0n) is 8.43. The molecule has 0 amide bonds. The molecular formula is C11H20O. The predicted octanol–water partition coefficient (Wildman–Crippen LogP) is 2.89. The minimum absolute atomic E-state index is 0.219. The first kappa shape index (κ1) is 9.79.